The summed E-state index contributed by atoms with van der Waals surface area (Å²) in [6.07, 6.45) is 1.54. The summed E-state index contributed by atoms with van der Waals surface area (Å²) >= 11 is 9.20. The van der Waals surface area contributed by atoms with Crippen LogP contribution in [0.2, 0.25) is 5.02 Å². The van der Waals surface area contributed by atoms with Crippen LogP contribution in [0, 0.1) is 19.7 Å². The Labute approximate surface area is 199 Å². The van der Waals surface area contributed by atoms with E-state index in [0.717, 1.165) is 10.2 Å². The van der Waals surface area contributed by atoms with Crippen LogP contribution in [0.4, 0.5) is 4.39 Å². The molecule has 10 heteroatoms. The van der Waals surface area contributed by atoms with Crippen LogP contribution in [0.5, 0.6) is 5.75 Å². The topological polar surface area (TPSA) is 90.3 Å². The van der Waals surface area contributed by atoms with Crippen LogP contribution in [0.1, 0.15) is 21.9 Å². The first-order chi connectivity index (χ1) is 15.2. The Balaban J connectivity index is 0.000000582. The Hall–Kier alpha value is -3.04. The molecule has 0 unspecified atom stereocenters. The quantitative estimate of drug-likeness (QED) is 0.531. The number of rotatable bonds is 3. The molecule has 0 atom stereocenters. The molecule has 0 fully saturated rings. The van der Waals surface area contributed by atoms with Crippen LogP contribution < -0.4 is 10.1 Å². The van der Waals surface area contributed by atoms with E-state index in [1.54, 1.807) is 30.9 Å². The molecule has 2 aromatic carbocycles. The fourth-order valence-corrected chi connectivity index (χ4v) is 2.86. The Kier molecular flexibility index (Phi) is 13.5. The molecule has 1 amide bonds. The largest absolute Gasteiger partial charge is 0.497 e. The zero-order valence-electron chi connectivity index (χ0n) is 18.1. The summed E-state index contributed by atoms with van der Waals surface area (Å²) in [4.78, 5) is 31.6. The van der Waals surface area contributed by atoms with Gasteiger partial charge in [0, 0.05) is 22.7 Å². The average molecular weight is 529 g/mol. The van der Waals surface area contributed by atoms with Crippen LogP contribution in [-0.2, 0) is 9.59 Å². The van der Waals surface area contributed by atoms with Crippen molar-refractivity contribution in [2.45, 2.75) is 13.8 Å². The van der Waals surface area contributed by atoms with Crippen molar-refractivity contribution >= 4 is 47.0 Å². The Morgan fingerprint density at radius 3 is 2.28 bits per heavy atom. The van der Waals surface area contributed by atoms with Gasteiger partial charge in [-0.3, -0.25) is 4.79 Å². The van der Waals surface area contributed by atoms with Gasteiger partial charge in [-0.15, -0.1) is 0 Å². The van der Waals surface area contributed by atoms with Gasteiger partial charge in [-0.25, -0.2) is 9.37 Å². The Bertz CT molecular complexity index is 1010. The number of nitrogens with one attached hydrogen (secondary N) is 1. The Morgan fingerprint density at radius 1 is 1.16 bits per heavy atom. The molecule has 0 aliphatic heterocycles. The summed E-state index contributed by atoms with van der Waals surface area (Å²) in [5.74, 6) is 0.752. The van der Waals surface area contributed by atoms with E-state index in [1.807, 2.05) is 38.7 Å². The van der Waals surface area contributed by atoms with E-state index in [4.69, 9.17) is 25.9 Å². The van der Waals surface area contributed by atoms with Gasteiger partial charge in [-0.05, 0) is 55.8 Å². The third-order valence-corrected chi connectivity index (χ3v) is 4.94. The van der Waals surface area contributed by atoms with Crippen LogP contribution >= 0.6 is 27.5 Å². The molecule has 0 spiro atoms. The fourth-order valence-electron chi connectivity index (χ4n) is 2.39. The van der Waals surface area contributed by atoms with Gasteiger partial charge in [0.2, 0.25) is 0 Å². The first-order valence-corrected chi connectivity index (χ1v) is 10.0. The average Bonchev–Trinajstić information content (AvgIpc) is 3.19. The van der Waals surface area contributed by atoms with Gasteiger partial charge in [-0.1, -0.05) is 27.5 Å². The highest BCUT2D eigenvalue weighted by Crippen LogP contribution is 2.21. The molecule has 0 bridgehead atoms. The van der Waals surface area contributed by atoms with Gasteiger partial charge in [0.1, 0.15) is 36.7 Å². The summed E-state index contributed by atoms with van der Waals surface area (Å²) in [5, 5.41) is 2.77. The van der Waals surface area contributed by atoms with E-state index in [2.05, 4.69) is 26.2 Å². The van der Waals surface area contributed by atoms with Crippen LogP contribution in [0.3, 0.4) is 0 Å². The lowest BCUT2D eigenvalue weighted by Crippen LogP contribution is -2.18. The second-order valence-corrected chi connectivity index (χ2v) is 7.16. The van der Waals surface area contributed by atoms with Crippen molar-refractivity contribution in [3.63, 3.8) is 0 Å². The molecule has 0 aliphatic carbocycles. The minimum atomic E-state index is -0.438. The molecule has 172 valence electrons. The number of halogens is 3. The summed E-state index contributed by atoms with van der Waals surface area (Å²) < 4.78 is 21.0. The number of ether oxygens (including phenoxy) is 1. The lowest BCUT2D eigenvalue weighted by molar-refractivity contribution is -0.0987. The molecule has 1 aromatic heterocycles. The molecule has 32 heavy (non-hydrogen) atoms. The first kappa shape index (κ1) is 29.0. The number of imidazole rings is 1. The number of nitrogens with zero attached hydrogens (tertiary/aromatic N) is 2. The standard InChI is InChI=1S/C12H11ClFN3O.C8H9BrO.2CH2O/c1-7-16-11(12(18)15-2)6-17(7)10-4-8(13)3-9(14)5-10;1-6-5-7(10-2)3-4-8(6)9;2*1-2/h3-6H,1-2H3,(H,15,18);3-5H,1-2H3;2*1H2. The van der Waals surface area contributed by atoms with Crippen molar-refractivity contribution < 1.29 is 23.5 Å². The smallest absolute Gasteiger partial charge is 0.271 e. The highest BCUT2D eigenvalue weighted by atomic mass is 79.9. The molecular weight excluding hydrogens is 505 g/mol. The van der Waals surface area contributed by atoms with Crippen molar-refractivity contribution in [1.29, 1.82) is 0 Å². The maximum Gasteiger partial charge on any atom is 0.271 e. The molecule has 7 nitrogen and oxygen atoms in total. The van der Waals surface area contributed by atoms with Crippen molar-refractivity contribution in [3.05, 3.63) is 75.0 Å². The number of amides is 1. The van der Waals surface area contributed by atoms with E-state index in [1.165, 1.54) is 24.7 Å². The van der Waals surface area contributed by atoms with Gasteiger partial charge in [0.25, 0.3) is 5.91 Å². The van der Waals surface area contributed by atoms with Gasteiger partial charge in [0.05, 0.1) is 12.8 Å². The summed E-state index contributed by atoms with van der Waals surface area (Å²) in [6, 6.07) is 10.0. The molecule has 0 saturated heterocycles. The van der Waals surface area contributed by atoms with Crippen LogP contribution in [-0.4, -0.2) is 43.2 Å². The second-order valence-electron chi connectivity index (χ2n) is 5.87. The van der Waals surface area contributed by atoms with E-state index in [0.29, 0.717) is 16.5 Å². The molecule has 3 aromatic rings. The van der Waals surface area contributed by atoms with Gasteiger partial charge >= 0.3 is 0 Å². The minimum Gasteiger partial charge on any atom is -0.497 e. The van der Waals surface area contributed by atoms with E-state index in [9.17, 15) is 9.18 Å². The number of benzene rings is 2. The zero-order chi connectivity index (χ0) is 24.8. The number of carbonyl (C=O) groups is 3. The van der Waals surface area contributed by atoms with Crippen molar-refractivity contribution in [2.24, 2.45) is 0 Å². The van der Waals surface area contributed by atoms with E-state index in [-0.39, 0.29) is 11.6 Å². The monoisotopic (exact) mass is 527 g/mol. The molecule has 3 rings (SSSR count). The maximum atomic E-state index is 13.3. The number of hydrogen-bond donors (Lipinski definition) is 1. The third kappa shape index (κ3) is 8.60. The van der Waals surface area contributed by atoms with Crippen molar-refractivity contribution in [1.82, 2.24) is 14.9 Å². The minimum absolute atomic E-state index is 0.274. The van der Waals surface area contributed by atoms with Crippen molar-refractivity contribution in [3.8, 4) is 11.4 Å². The predicted octanol–water partition coefficient (Wildman–Crippen LogP) is 4.73. The predicted molar refractivity (Wildman–Crippen MR) is 126 cm³/mol. The number of hydrogen-bond acceptors (Lipinski definition) is 5. The van der Waals surface area contributed by atoms with Gasteiger partial charge < -0.3 is 24.2 Å². The normalized spacial score (nSPS) is 9.09. The Morgan fingerprint density at radius 2 is 1.78 bits per heavy atom. The number of aryl methyl sites for hydroxylation is 2. The fraction of sp³-hybridized carbons (Fsp3) is 0.182. The summed E-state index contributed by atoms with van der Waals surface area (Å²) in [5.41, 5.74) is 2.00. The number of methoxy groups -OCH3 is 1. The summed E-state index contributed by atoms with van der Waals surface area (Å²) in [6.45, 7) is 7.76. The van der Waals surface area contributed by atoms with Gasteiger partial charge in [-0.2, -0.15) is 0 Å². The lowest BCUT2D eigenvalue weighted by atomic mass is 10.2. The number of aromatic nitrogens is 2. The second kappa shape index (κ2) is 14.9. The maximum absolute atomic E-state index is 13.3. The first-order valence-electron chi connectivity index (χ1n) is 8.87. The highest BCUT2D eigenvalue weighted by Gasteiger charge is 2.12. The zero-order valence-corrected chi connectivity index (χ0v) is 20.5. The van der Waals surface area contributed by atoms with Crippen LogP contribution in [0.25, 0.3) is 5.69 Å². The molecule has 1 heterocycles. The van der Waals surface area contributed by atoms with Gasteiger partial charge in [0.15, 0.2) is 0 Å². The lowest BCUT2D eigenvalue weighted by Gasteiger charge is -2.05. The van der Waals surface area contributed by atoms with E-state index < -0.39 is 5.82 Å². The SMILES string of the molecule is C=O.C=O.CNC(=O)c1cn(-c2cc(F)cc(Cl)c2)c(C)n1.COc1ccc(Br)c(C)c1. The molecule has 0 saturated carbocycles. The molecule has 0 radical (unpaired) electrons. The number of carbonyl (C=O) groups excluding carboxylic acids is 3. The molecule has 1 N–H and O–H groups in total. The molecule has 0 aliphatic rings. The highest BCUT2D eigenvalue weighted by molar-refractivity contribution is 9.10. The molecular formula is C22H24BrClFN3O4. The van der Waals surface area contributed by atoms with E-state index >= 15 is 0 Å². The van der Waals surface area contributed by atoms with Crippen molar-refractivity contribution in [2.75, 3.05) is 14.2 Å². The third-order valence-electron chi connectivity index (χ3n) is 3.83. The van der Waals surface area contributed by atoms with Crippen LogP contribution in [0.15, 0.2) is 47.1 Å². The summed E-state index contributed by atoms with van der Waals surface area (Å²) in [7, 11) is 3.19.